The van der Waals surface area contributed by atoms with Crippen LogP contribution in [0.3, 0.4) is 0 Å². The smallest absolute Gasteiger partial charge is 0.151 e. The molecule has 0 radical (unpaired) electrons. The van der Waals surface area contributed by atoms with Gasteiger partial charge in [0.25, 0.3) is 0 Å². The van der Waals surface area contributed by atoms with E-state index in [0.717, 1.165) is 26.0 Å². The van der Waals surface area contributed by atoms with E-state index >= 15 is 0 Å². The summed E-state index contributed by atoms with van der Waals surface area (Å²) in [7, 11) is 0. The molecule has 3 rings (SSSR count). The topological polar surface area (TPSA) is 51.8 Å². The highest BCUT2D eigenvalue weighted by molar-refractivity contribution is 8.00. The predicted molar refractivity (Wildman–Crippen MR) is 75.7 cm³/mol. The molecule has 17 heavy (non-hydrogen) atoms. The van der Waals surface area contributed by atoms with E-state index in [4.69, 9.17) is 5.73 Å². The Kier molecular flexibility index (Phi) is 3.00. The summed E-state index contributed by atoms with van der Waals surface area (Å²) in [5.74, 6) is 0.931. The van der Waals surface area contributed by atoms with Gasteiger partial charge >= 0.3 is 0 Å². The summed E-state index contributed by atoms with van der Waals surface area (Å²) in [6.45, 7) is 0. The number of hydrogen-bond acceptors (Lipinski definition) is 6. The van der Waals surface area contributed by atoms with E-state index in [-0.39, 0.29) is 0 Å². The molecule has 6 heteroatoms. The molecule has 2 N–H and O–H groups in total. The van der Waals surface area contributed by atoms with Crippen LogP contribution in [0.15, 0.2) is 34.2 Å². The minimum atomic E-state index is 0.792. The van der Waals surface area contributed by atoms with E-state index in [0.29, 0.717) is 0 Å². The normalized spacial score (nSPS) is 11.1. The molecule has 0 spiro atoms. The van der Waals surface area contributed by atoms with Crippen LogP contribution in [0.5, 0.6) is 0 Å². The maximum absolute atomic E-state index is 5.75. The van der Waals surface area contributed by atoms with Gasteiger partial charge in [-0.2, -0.15) is 0 Å². The van der Waals surface area contributed by atoms with E-state index in [1.54, 1.807) is 34.4 Å². The second-order valence-corrected chi connectivity index (χ2v) is 6.69. The Balaban J connectivity index is 1.81. The van der Waals surface area contributed by atoms with Crippen molar-refractivity contribution in [3.8, 4) is 0 Å². The molecule has 0 amide bonds. The molecule has 0 saturated heterocycles. The second-order valence-electron chi connectivity index (χ2n) is 3.46. The number of nitrogen functional groups attached to an aromatic ring is 1. The van der Waals surface area contributed by atoms with Crippen molar-refractivity contribution >= 4 is 50.3 Å². The Morgan fingerprint density at radius 2 is 2.29 bits per heavy atom. The third-order valence-corrected chi connectivity index (χ3v) is 5.39. The lowest BCUT2D eigenvalue weighted by molar-refractivity contribution is 1.29. The number of thioether (sulfide) groups is 1. The largest absolute Gasteiger partial charge is 0.399 e. The molecular weight excluding hydrogens is 270 g/mol. The van der Waals surface area contributed by atoms with E-state index in [9.17, 15) is 0 Å². The summed E-state index contributed by atoms with van der Waals surface area (Å²) < 4.78 is 2.23. The third-order valence-electron chi connectivity index (χ3n) is 2.21. The number of nitrogens with two attached hydrogens (primary N) is 1. The molecule has 2 heterocycles. The third kappa shape index (κ3) is 2.43. The summed E-state index contributed by atoms with van der Waals surface area (Å²) in [5, 5.41) is 0. The molecule has 0 aliphatic carbocycles. The first kappa shape index (κ1) is 11.0. The minimum absolute atomic E-state index is 0.792. The van der Waals surface area contributed by atoms with Crippen molar-refractivity contribution in [3.05, 3.63) is 34.8 Å². The monoisotopic (exact) mass is 279 g/mol. The van der Waals surface area contributed by atoms with Crippen molar-refractivity contribution in [2.75, 3.05) is 5.73 Å². The Labute approximate surface area is 111 Å². The van der Waals surface area contributed by atoms with Crippen LogP contribution in [0.2, 0.25) is 0 Å². The molecule has 3 nitrogen and oxygen atoms in total. The molecule has 3 aromatic rings. The summed E-state index contributed by atoms with van der Waals surface area (Å²) in [6, 6.07) is 5.83. The van der Waals surface area contributed by atoms with Crippen LogP contribution in [0.4, 0.5) is 5.69 Å². The quantitative estimate of drug-likeness (QED) is 0.587. The molecular formula is C11H9N3S3. The number of thiazole rings is 2. The average molecular weight is 279 g/mol. The fraction of sp³-hybridized carbons (Fsp3) is 0.0909. The Bertz CT molecular complexity index is 631. The zero-order chi connectivity index (χ0) is 11.7. The lowest BCUT2D eigenvalue weighted by Crippen LogP contribution is -1.81. The van der Waals surface area contributed by atoms with Crippen LogP contribution >= 0.6 is 34.4 Å². The van der Waals surface area contributed by atoms with Crippen molar-refractivity contribution in [2.24, 2.45) is 0 Å². The van der Waals surface area contributed by atoms with E-state index < -0.39 is 0 Å². The summed E-state index contributed by atoms with van der Waals surface area (Å²) in [5.41, 5.74) is 9.42. The number of anilines is 1. The number of fused-ring (bicyclic) bond motifs is 1. The molecule has 0 bridgehead atoms. The highest BCUT2D eigenvalue weighted by Crippen LogP contribution is 2.32. The Hall–Kier alpha value is -1.11. The number of hydrogen-bond donors (Lipinski definition) is 1. The number of aromatic nitrogens is 2. The van der Waals surface area contributed by atoms with E-state index in [2.05, 4.69) is 9.97 Å². The molecule has 0 unspecified atom stereocenters. The van der Waals surface area contributed by atoms with Gasteiger partial charge < -0.3 is 5.73 Å². The maximum Gasteiger partial charge on any atom is 0.151 e. The van der Waals surface area contributed by atoms with Crippen molar-refractivity contribution < 1.29 is 0 Å². The second kappa shape index (κ2) is 4.64. The standard InChI is InChI=1S/C11H9N3S3/c12-7-1-2-9-10(3-7)17-11(14-9)15-5-8-4-13-6-16-8/h1-4,6H,5,12H2. The van der Waals surface area contributed by atoms with E-state index in [1.807, 2.05) is 29.9 Å². The van der Waals surface area contributed by atoms with Gasteiger partial charge in [-0.15, -0.1) is 22.7 Å². The SMILES string of the molecule is Nc1ccc2nc(SCc3cncs3)sc2c1. The van der Waals surface area contributed by atoms with Crippen molar-refractivity contribution in [1.29, 1.82) is 0 Å². The van der Waals surface area contributed by atoms with Crippen molar-refractivity contribution in [2.45, 2.75) is 10.1 Å². The van der Waals surface area contributed by atoms with Crippen LogP contribution in [0.1, 0.15) is 4.88 Å². The van der Waals surface area contributed by atoms with Crippen LogP contribution in [-0.4, -0.2) is 9.97 Å². The van der Waals surface area contributed by atoms with Crippen LogP contribution < -0.4 is 5.73 Å². The zero-order valence-corrected chi connectivity index (χ0v) is 11.2. The first-order valence-electron chi connectivity index (χ1n) is 4.97. The Morgan fingerprint density at radius 1 is 1.35 bits per heavy atom. The fourth-order valence-corrected chi connectivity index (χ4v) is 4.19. The average Bonchev–Trinajstić information content (AvgIpc) is 2.94. The van der Waals surface area contributed by atoms with Gasteiger partial charge in [-0.05, 0) is 18.2 Å². The number of rotatable bonds is 3. The van der Waals surface area contributed by atoms with Gasteiger partial charge in [0.05, 0.1) is 15.7 Å². The summed E-state index contributed by atoms with van der Waals surface area (Å²) in [6.07, 6.45) is 1.91. The lowest BCUT2D eigenvalue weighted by Gasteiger charge is -1.91. The fourth-order valence-electron chi connectivity index (χ4n) is 1.43. The van der Waals surface area contributed by atoms with E-state index in [1.165, 1.54) is 4.88 Å². The van der Waals surface area contributed by atoms with Gasteiger partial charge in [0.2, 0.25) is 0 Å². The first-order chi connectivity index (χ1) is 8.31. The van der Waals surface area contributed by atoms with Gasteiger partial charge in [0, 0.05) is 22.5 Å². The molecule has 0 atom stereocenters. The van der Waals surface area contributed by atoms with Crippen LogP contribution in [0, 0.1) is 0 Å². The van der Waals surface area contributed by atoms with Crippen LogP contribution in [0.25, 0.3) is 10.2 Å². The lowest BCUT2D eigenvalue weighted by atomic mass is 10.3. The summed E-state index contributed by atoms with van der Waals surface area (Å²) >= 11 is 5.11. The molecule has 86 valence electrons. The predicted octanol–water partition coefficient (Wildman–Crippen LogP) is 3.63. The Morgan fingerprint density at radius 3 is 3.12 bits per heavy atom. The summed E-state index contributed by atoms with van der Waals surface area (Å²) in [4.78, 5) is 9.90. The molecule has 0 fully saturated rings. The molecule has 0 aliphatic rings. The van der Waals surface area contributed by atoms with Gasteiger partial charge in [0.15, 0.2) is 4.34 Å². The molecule has 0 saturated carbocycles. The molecule has 0 aliphatic heterocycles. The molecule has 1 aromatic carbocycles. The van der Waals surface area contributed by atoms with Crippen molar-refractivity contribution in [3.63, 3.8) is 0 Å². The van der Waals surface area contributed by atoms with Gasteiger partial charge in [-0.3, -0.25) is 4.98 Å². The molecule has 2 aromatic heterocycles. The zero-order valence-electron chi connectivity index (χ0n) is 8.79. The highest BCUT2D eigenvalue weighted by Gasteiger charge is 2.05. The van der Waals surface area contributed by atoms with Gasteiger partial charge in [-0.1, -0.05) is 11.8 Å². The number of nitrogens with zero attached hydrogens (tertiary/aromatic N) is 2. The van der Waals surface area contributed by atoms with Crippen LogP contribution in [-0.2, 0) is 5.75 Å². The maximum atomic E-state index is 5.75. The van der Waals surface area contributed by atoms with Gasteiger partial charge in [-0.25, -0.2) is 4.98 Å². The van der Waals surface area contributed by atoms with Crippen molar-refractivity contribution in [1.82, 2.24) is 9.97 Å². The van der Waals surface area contributed by atoms with Gasteiger partial charge in [0.1, 0.15) is 0 Å². The highest BCUT2D eigenvalue weighted by atomic mass is 32.2. The number of benzene rings is 1. The minimum Gasteiger partial charge on any atom is -0.399 e. The first-order valence-corrected chi connectivity index (χ1v) is 7.66.